The van der Waals surface area contributed by atoms with Crippen LogP contribution in [0.3, 0.4) is 0 Å². The minimum Gasteiger partial charge on any atom is -0.497 e. The molecule has 2 aromatic rings. The van der Waals surface area contributed by atoms with Crippen molar-refractivity contribution in [1.82, 2.24) is 4.90 Å². The number of ether oxygens (including phenoxy) is 1. The zero-order valence-corrected chi connectivity index (χ0v) is 16.8. The molecule has 5 heteroatoms. The van der Waals surface area contributed by atoms with Gasteiger partial charge in [-0.15, -0.1) is 12.4 Å². The molecule has 4 nitrogen and oxygen atoms in total. The van der Waals surface area contributed by atoms with E-state index in [9.17, 15) is 4.79 Å². The quantitative estimate of drug-likeness (QED) is 0.818. The van der Waals surface area contributed by atoms with E-state index in [2.05, 4.69) is 31.2 Å². The monoisotopic (exact) mass is 388 g/mol. The molecule has 0 aliphatic carbocycles. The van der Waals surface area contributed by atoms with Crippen LogP contribution in [0.2, 0.25) is 0 Å². The van der Waals surface area contributed by atoms with Crippen LogP contribution in [0.4, 0.5) is 0 Å². The standard InChI is InChI=1S/C22H28N2O2.ClH/c1-16(17-8-10-20(26-2)11-9-17)12-22(25)24-14-19(13-23)21(15-24)18-6-4-3-5-7-18;/h3-11,16,19,21H,12-15,23H2,1-2H3;1H/t16?,19-,21+;/m1./s1. The predicted octanol–water partition coefficient (Wildman–Crippen LogP) is 3.81. The minimum atomic E-state index is 0. The van der Waals surface area contributed by atoms with Crippen molar-refractivity contribution in [2.24, 2.45) is 11.7 Å². The molecule has 27 heavy (non-hydrogen) atoms. The van der Waals surface area contributed by atoms with Gasteiger partial charge in [0.15, 0.2) is 0 Å². The van der Waals surface area contributed by atoms with Crippen molar-refractivity contribution in [3.8, 4) is 5.75 Å². The fourth-order valence-corrected chi connectivity index (χ4v) is 3.83. The van der Waals surface area contributed by atoms with Crippen molar-refractivity contribution in [2.45, 2.75) is 25.2 Å². The van der Waals surface area contributed by atoms with E-state index in [1.807, 2.05) is 35.2 Å². The van der Waals surface area contributed by atoms with E-state index in [0.717, 1.165) is 24.4 Å². The Bertz CT molecular complexity index is 721. The number of hydrogen-bond acceptors (Lipinski definition) is 3. The summed E-state index contributed by atoms with van der Waals surface area (Å²) in [5.74, 6) is 1.90. The van der Waals surface area contributed by atoms with E-state index >= 15 is 0 Å². The maximum absolute atomic E-state index is 12.9. The second kappa shape index (κ2) is 9.77. The number of methoxy groups -OCH3 is 1. The molecule has 0 spiro atoms. The first kappa shape index (κ1) is 21.3. The molecular weight excluding hydrogens is 360 g/mol. The highest BCUT2D eigenvalue weighted by atomic mass is 35.5. The summed E-state index contributed by atoms with van der Waals surface area (Å²) in [6.45, 7) is 4.23. The van der Waals surface area contributed by atoms with Crippen LogP contribution >= 0.6 is 12.4 Å². The Morgan fingerprint density at radius 2 is 1.81 bits per heavy atom. The van der Waals surface area contributed by atoms with E-state index in [1.165, 1.54) is 5.56 Å². The van der Waals surface area contributed by atoms with Crippen LogP contribution in [0.1, 0.15) is 36.3 Å². The summed E-state index contributed by atoms with van der Waals surface area (Å²) in [5.41, 5.74) is 8.43. The van der Waals surface area contributed by atoms with Crippen molar-refractivity contribution in [3.05, 3.63) is 65.7 Å². The van der Waals surface area contributed by atoms with Gasteiger partial charge in [-0.2, -0.15) is 0 Å². The largest absolute Gasteiger partial charge is 0.497 e. The van der Waals surface area contributed by atoms with E-state index in [1.54, 1.807) is 7.11 Å². The van der Waals surface area contributed by atoms with Crippen LogP contribution in [0.15, 0.2) is 54.6 Å². The third kappa shape index (κ3) is 5.02. The molecule has 2 N–H and O–H groups in total. The zero-order valence-electron chi connectivity index (χ0n) is 16.0. The molecular formula is C22H29ClN2O2. The molecule has 1 aliphatic heterocycles. The van der Waals surface area contributed by atoms with Crippen molar-refractivity contribution < 1.29 is 9.53 Å². The summed E-state index contributed by atoms with van der Waals surface area (Å²) < 4.78 is 5.20. The highest BCUT2D eigenvalue weighted by Gasteiger charge is 2.35. The summed E-state index contributed by atoms with van der Waals surface area (Å²) in [6, 6.07) is 18.4. The normalized spacial score (nSPS) is 20.0. The lowest BCUT2D eigenvalue weighted by molar-refractivity contribution is -0.130. The van der Waals surface area contributed by atoms with Gasteiger partial charge in [-0.3, -0.25) is 4.79 Å². The van der Waals surface area contributed by atoms with Crippen LogP contribution in [0.5, 0.6) is 5.75 Å². The van der Waals surface area contributed by atoms with Crippen molar-refractivity contribution >= 4 is 18.3 Å². The van der Waals surface area contributed by atoms with Gasteiger partial charge in [0.25, 0.3) is 0 Å². The molecule has 0 radical (unpaired) electrons. The van der Waals surface area contributed by atoms with Gasteiger partial charge < -0.3 is 15.4 Å². The zero-order chi connectivity index (χ0) is 18.5. The molecule has 1 saturated heterocycles. The van der Waals surface area contributed by atoms with Crippen molar-refractivity contribution in [2.75, 3.05) is 26.7 Å². The van der Waals surface area contributed by atoms with Crippen LogP contribution < -0.4 is 10.5 Å². The lowest BCUT2D eigenvalue weighted by Gasteiger charge is -2.19. The molecule has 0 aromatic heterocycles. The predicted molar refractivity (Wildman–Crippen MR) is 112 cm³/mol. The number of hydrogen-bond donors (Lipinski definition) is 1. The SMILES string of the molecule is COc1ccc(C(C)CC(=O)N2C[C@@H](CN)[C@H](c3ccccc3)C2)cc1.Cl. The summed E-state index contributed by atoms with van der Waals surface area (Å²) in [5, 5.41) is 0. The number of carbonyl (C=O) groups is 1. The number of likely N-dealkylation sites (tertiary alicyclic amines) is 1. The van der Waals surface area contributed by atoms with Gasteiger partial charge >= 0.3 is 0 Å². The molecule has 1 unspecified atom stereocenters. The van der Waals surface area contributed by atoms with E-state index in [4.69, 9.17) is 10.5 Å². The van der Waals surface area contributed by atoms with E-state index < -0.39 is 0 Å². The number of amides is 1. The first-order chi connectivity index (χ1) is 12.6. The smallest absolute Gasteiger partial charge is 0.223 e. The molecule has 3 rings (SSSR count). The van der Waals surface area contributed by atoms with Gasteiger partial charge in [0.05, 0.1) is 7.11 Å². The molecule has 1 heterocycles. The molecule has 2 aromatic carbocycles. The maximum Gasteiger partial charge on any atom is 0.223 e. The number of benzene rings is 2. The Balaban J connectivity index is 0.00000261. The number of halogens is 1. The average molecular weight is 389 g/mol. The Hall–Kier alpha value is -2.04. The average Bonchev–Trinajstić information content (AvgIpc) is 3.13. The first-order valence-corrected chi connectivity index (χ1v) is 9.29. The molecule has 1 fully saturated rings. The number of rotatable bonds is 6. The molecule has 1 aliphatic rings. The van der Waals surface area contributed by atoms with Crippen molar-refractivity contribution in [3.63, 3.8) is 0 Å². The summed E-state index contributed by atoms with van der Waals surface area (Å²) in [6.07, 6.45) is 0.519. The van der Waals surface area contributed by atoms with Gasteiger partial charge in [-0.1, -0.05) is 49.4 Å². The number of nitrogens with two attached hydrogens (primary N) is 1. The van der Waals surface area contributed by atoms with Crippen molar-refractivity contribution in [1.29, 1.82) is 0 Å². The third-order valence-corrected chi connectivity index (χ3v) is 5.49. The lowest BCUT2D eigenvalue weighted by Crippen LogP contribution is -2.30. The third-order valence-electron chi connectivity index (χ3n) is 5.49. The molecule has 3 atom stereocenters. The highest BCUT2D eigenvalue weighted by molar-refractivity contribution is 5.85. The van der Waals surface area contributed by atoms with E-state index in [0.29, 0.717) is 24.8 Å². The van der Waals surface area contributed by atoms with Gasteiger partial charge in [0.2, 0.25) is 5.91 Å². The van der Waals surface area contributed by atoms with Crippen LogP contribution in [-0.4, -0.2) is 37.6 Å². The van der Waals surface area contributed by atoms with Gasteiger partial charge in [-0.05, 0) is 41.6 Å². The topological polar surface area (TPSA) is 55.6 Å². The van der Waals surface area contributed by atoms with Gasteiger partial charge in [-0.25, -0.2) is 0 Å². The second-order valence-electron chi connectivity index (χ2n) is 7.19. The number of nitrogens with zero attached hydrogens (tertiary/aromatic N) is 1. The minimum absolute atomic E-state index is 0. The van der Waals surface area contributed by atoms with Gasteiger partial charge in [0.1, 0.15) is 5.75 Å². The molecule has 146 valence electrons. The fourth-order valence-electron chi connectivity index (χ4n) is 3.83. The van der Waals surface area contributed by atoms with Gasteiger partial charge in [0, 0.05) is 25.4 Å². The second-order valence-corrected chi connectivity index (χ2v) is 7.19. The Kier molecular flexibility index (Phi) is 7.69. The first-order valence-electron chi connectivity index (χ1n) is 9.29. The Morgan fingerprint density at radius 1 is 1.15 bits per heavy atom. The summed E-state index contributed by atoms with van der Waals surface area (Å²) in [7, 11) is 1.66. The fraction of sp³-hybridized carbons (Fsp3) is 0.409. The summed E-state index contributed by atoms with van der Waals surface area (Å²) in [4.78, 5) is 14.8. The van der Waals surface area contributed by atoms with Crippen LogP contribution in [-0.2, 0) is 4.79 Å². The molecule has 0 bridgehead atoms. The number of carbonyl (C=O) groups excluding carboxylic acids is 1. The maximum atomic E-state index is 12.9. The summed E-state index contributed by atoms with van der Waals surface area (Å²) >= 11 is 0. The van der Waals surface area contributed by atoms with Crippen LogP contribution in [0.25, 0.3) is 0 Å². The molecule has 0 saturated carbocycles. The highest BCUT2D eigenvalue weighted by Crippen LogP contribution is 2.33. The van der Waals surface area contributed by atoms with Crippen LogP contribution in [0, 0.1) is 5.92 Å². The Morgan fingerprint density at radius 3 is 2.41 bits per heavy atom. The Labute approximate surface area is 168 Å². The molecule has 1 amide bonds. The lowest BCUT2D eigenvalue weighted by atomic mass is 9.89. The van der Waals surface area contributed by atoms with E-state index in [-0.39, 0.29) is 24.2 Å².